The number of carboxylic acid groups (broad SMARTS) is 1. The average Bonchev–Trinajstić information content (AvgIpc) is 2.93. The van der Waals surface area contributed by atoms with Crippen molar-refractivity contribution in [2.75, 3.05) is 16.8 Å². The van der Waals surface area contributed by atoms with Crippen LogP contribution in [0.4, 0.5) is 16.2 Å². The van der Waals surface area contributed by atoms with Gasteiger partial charge < -0.3 is 15.2 Å². The summed E-state index contributed by atoms with van der Waals surface area (Å²) in [5.41, 5.74) is 5.01. The SMILES string of the molecule is CC(C)C1CN(C(=O)Nc2ccccc2)c2ccc(-c3ccc([C@H]4CC[C@H](CC(=O)O)CC4)cc3)cc2O1. The van der Waals surface area contributed by atoms with Gasteiger partial charge in [-0.3, -0.25) is 9.69 Å². The number of carboxylic acids is 1. The third kappa shape index (κ3) is 5.85. The Labute approximate surface area is 224 Å². The zero-order chi connectivity index (χ0) is 26.6. The van der Waals surface area contributed by atoms with Crippen LogP contribution in [0.5, 0.6) is 5.75 Å². The van der Waals surface area contributed by atoms with Gasteiger partial charge in [0.05, 0.1) is 12.2 Å². The molecule has 38 heavy (non-hydrogen) atoms. The first-order chi connectivity index (χ1) is 18.4. The van der Waals surface area contributed by atoms with Crippen LogP contribution in [0.25, 0.3) is 11.1 Å². The fourth-order valence-electron chi connectivity index (χ4n) is 5.64. The van der Waals surface area contributed by atoms with Crippen LogP contribution in [0.1, 0.15) is 57.4 Å². The molecule has 1 aliphatic heterocycles. The largest absolute Gasteiger partial charge is 0.486 e. The third-order valence-electron chi connectivity index (χ3n) is 7.93. The number of carbonyl (C=O) groups is 2. The van der Waals surface area contributed by atoms with Crippen LogP contribution in [0.2, 0.25) is 0 Å². The number of nitrogens with one attached hydrogen (secondary N) is 1. The van der Waals surface area contributed by atoms with Gasteiger partial charge in [0, 0.05) is 12.1 Å². The summed E-state index contributed by atoms with van der Waals surface area (Å²) < 4.78 is 6.38. The molecule has 3 aromatic rings. The van der Waals surface area contributed by atoms with Crippen LogP contribution in [-0.4, -0.2) is 29.8 Å². The smallest absolute Gasteiger partial charge is 0.326 e. The summed E-state index contributed by atoms with van der Waals surface area (Å²) in [5, 5.41) is 12.1. The fourth-order valence-corrected chi connectivity index (χ4v) is 5.64. The third-order valence-corrected chi connectivity index (χ3v) is 7.93. The summed E-state index contributed by atoms with van der Waals surface area (Å²) in [4.78, 5) is 26.1. The van der Waals surface area contributed by atoms with Gasteiger partial charge in [-0.2, -0.15) is 0 Å². The molecule has 1 fully saturated rings. The van der Waals surface area contributed by atoms with E-state index in [0.717, 1.165) is 53.9 Å². The van der Waals surface area contributed by atoms with E-state index < -0.39 is 5.97 Å². The summed E-state index contributed by atoms with van der Waals surface area (Å²) in [5.74, 6) is 1.08. The number of fused-ring (bicyclic) bond motifs is 1. The number of carbonyl (C=O) groups excluding carboxylic acids is 1. The Morgan fingerprint density at radius 3 is 2.29 bits per heavy atom. The van der Waals surface area contributed by atoms with Crippen molar-refractivity contribution in [2.45, 2.75) is 58.0 Å². The molecule has 0 spiro atoms. The van der Waals surface area contributed by atoms with Crippen molar-refractivity contribution in [3.8, 4) is 16.9 Å². The molecule has 0 aromatic heterocycles. The molecule has 1 aliphatic carbocycles. The van der Waals surface area contributed by atoms with Gasteiger partial charge in [-0.15, -0.1) is 0 Å². The molecule has 2 amide bonds. The molecule has 5 rings (SSSR count). The van der Waals surface area contributed by atoms with Crippen molar-refractivity contribution in [2.24, 2.45) is 11.8 Å². The van der Waals surface area contributed by atoms with Crippen LogP contribution in [0, 0.1) is 11.8 Å². The maximum atomic E-state index is 13.2. The lowest BCUT2D eigenvalue weighted by molar-refractivity contribution is -0.138. The van der Waals surface area contributed by atoms with E-state index in [0.29, 0.717) is 18.4 Å². The van der Waals surface area contributed by atoms with Crippen molar-refractivity contribution in [1.29, 1.82) is 0 Å². The van der Waals surface area contributed by atoms with E-state index in [2.05, 4.69) is 43.4 Å². The summed E-state index contributed by atoms with van der Waals surface area (Å²) in [6.07, 6.45) is 4.23. The van der Waals surface area contributed by atoms with E-state index in [-0.39, 0.29) is 24.5 Å². The fraction of sp³-hybridized carbons (Fsp3) is 0.375. The van der Waals surface area contributed by atoms with Gasteiger partial charge >= 0.3 is 12.0 Å². The Hall–Kier alpha value is -3.80. The number of hydrogen-bond acceptors (Lipinski definition) is 3. The molecule has 3 aromatic carbocycles. The van der Waals surface area contributed by atoms with Crippen molar-refractivity contribution >= 4 is 23.4 Å². The van der Waals surface area contributed by atoms with E-state index in [9.17, 15) is 9.59 Å². The van der Waals surface area contributed by atoms with Crippen molar-refractivity contribution in [1.82, 2.24) is 0 Å². The van der Waals surface area contributed by atoms with Crippen molar-refractivity contribution < 1.29 is 19.4 Å². The van der Waals surface area contributed by atoms with Gasteiger partial charge in [0.1, 0.15) is 11.9 Å². The molecule has 6 heteroatoms. The molecular formula is C32H36N2O4. The first-order valence-electron chi connectivity index (χ1n) is 13.6. The standard InChI is InChI=1S/C32H36N2O4/c1-21(2)30-20-34(32(37)33-27-6-4-3-5-7-27)28-17-16-26(19-29(28)38-30)25-14-12-24(13-15-25)23-10-8-22(9-11-23)18-31(35)36/h3-7,12-17,19,21-23,30H,8-11,18,20H2,1-2H3,(H,33,37)(H,35,36)/t22-,23-,30?. The monoisotopic (exact) mass is 512 g/mol. The summed E-state index contributed by atoms with van der Waals surface area (Å²) in [7, 11) is 0. The molecule has 2 aliphatic rings. The first-order valence-corrected chi connectivity index (χ1v) is 13.6. The molecule has 198 valence electrons. The summed E-state index contributed by atoms with van der Waals surface area (Å²) in [6, 6.07) is 24.1. The highest BCUT2D eigenvalue weighted by Crippen LogP contribution is 2.40. The van der Waals surface area contributed by atoms with E-state index in [1.807, 2.05) is 48.5 Å². The molecule has 6 nitrogen and oxygen atoms in total. The number of aliphatic carboxylic acids is 1. The van der Waals surface area contributed by atoms with Crippen LogP contribution >= 0.6 is 0 Å². The maximum Gasteiger partial charge on any atom is 0.326 e. The van der Waals surface area contributed by atoms with Crippen LogP contribution in [0.3, 0.4) is 0 Å². The predicted molar refractivity (Wildman–Crippen MR) is 151 cm³/mol. The number of para-hydroxylation sites is 1. The zero-order valence-electron chi connectivity index (χ0n) is 22.1. The van der Waals surface area contributed by atoms with Gasteiger partial charge in [-0.25, -0.2) is 4.79 Å². The molecule has 1 unspecified atom stereocenters. The highest BCUT2D eigenvalue weighted by molar-refractivity contribution is 6.03. The van der Waals surface area contributed by atoms with Crippen molar-refractivity contribution in [3.63, 3.8) is 0 Å². The highest BCUT2D eigenvalue weighted by Gasteiger charge is 2.32. The second kappa shape index (κ2) is 11.3. The lowest BCUT2D eigenvalue weighted by atomic mass is 9.77. The number of rotatable bonds is 6. The van der Waals surface area contributed by atoms with E-state index in [1.54, 1.807) is 4.90 Å². The minimum absolute atomic E-state index is 0.0992. The molecule has 1 heterocycles. The number of benzene rings is 3. The molecule has 2 N–H and O–H groups in total. The summed E-state index contributed by atoms with van der Waals surface area (Å²) >= 11 is 0. The Kier molecular flexibility index (Phi) is 7.68. The maximum absolute atomic E-state index is 13.2. The van der Waals surface area contributed by atoms with Crippen LogP contribution in [0.15, 0.2) is 72.8 Å². The normalized spacial score (nSPS) is 20.9. The van der Waals surface area contributed by atoms with Crippen LogP contribution in [-0.2, 0) is 4.79 Å². The molecular weight excluding hydrogens is 476 g/mol. The Bertz CT molecular complexity index is 1260. The molecule has 0 bridgehead atoms. The quantitative estimate of drug-likeness (QED) is 0.357. The Morgan fingerprint density at radius 1 is 0.947 bits per heavy atom. The van der Waals surface area contributed by atoms with E-state index in [4.69, 9.17) is 9.84 Å². The first kappa shape index (κ1) is 25.8. The predicted octanol–water partition coefficient (Wildman–Crippen LogP) is 7.56. The number of hydrogen-bond donors (Lipinski definition) is 2. The zero-order valence-corrected chi connectivity index (χ0v) is 22.1. The lowest BCUT2D eigenvalue weighted by Crippen LogP contribution is -2.47. The summed E-state index contributed by atoms with van der Waals surface area (Å²) in [6.45, 7) is 4.72. The number of amides is 2. The topological polar surface area (TPSA) is 78.9 Å². The molecule has 0 saturated heterocycles. The Morgan fingerprint density at radius 2 is 1.63 bits per heavy atom. The molecule has 0 radical (unpaired) electrons. The number of urea groups is 1. The number of anilines is 2. The van der Waals surface area contributed by atoms with Gasteiger partial charge in [0.2, 0.25) is 0 Å². The lowest BCUT2D eigenvalue weighted by Gasteiger charge is -2.36. The van der Waals surface area contributed by atoms with Crippen LogP contribution < -0.4 is 15.0 Å². The molecule has 1 atom stereocenters. The minimum atomic E-state index is -0.688. The molecule has 1 saturated carbocycles. The second-order valence-electron chi connectivity index (χ2n) is 10.9. The van der Waals surface area contributed by atoms with E-state index >= 15 is 0 Å². The highest BCUT2D eigenvalue weighted by atomic mass is 16.5. The van der Waals surface area contributed by atoms with Crippen molar-refractivity contribution in [3.05, 3.63) is 78.4 Å². The van der Waals surface area contributed by atoms with Gasteiger partial charge in [-0.1, -0.05) is 62.4 Å². The average molecular weight is 513 g/mol. The number of ether oxygens (including phenoxy) is 1. The number of nitrogens with zero attached hydrogens (tertiary/aromatic N) is 1. The van der Waals surface area contributed by atoms with Gasteiger partial charge in [-0.05, 0) is 84.4 Å². The minimum Gasteiger partial charge on any atom is -0.486 e. The second-order valence-corrected chi connectivity index (χ2v) is 10.9. The van der Waals surface area contributed by atoms with E-state index in [1.165, 1.54) is 5.56 Å². The Balaban J connectivity index is 1.33. The van der Waals surface area contributed by atoms with Gasteiger partial charge in [0.15, 0.2) is 0 Å². The van der Waals surface area contributed by atoms with Gasteiger partial charge in [0.25, 0.3) is 0 Å².